The predicted octanol–water partition coefficient (Wildman–Crippen LogP) is 0.383. The third-order valence-electron chi connectivity index (χ3n) is 3.56. The Balaban J connectivity index is 1.86. The second kappa shape index (κ2) is 5.15. The van der Waals surface area contributed by atoms with Crippen molar-refractivity contribution in [1.82, 2.24) is 10.6 Å². The highest BCUT2D eigenvalue weighted by Crippen LogP contribution is 2.31. The zero-order valence-electron chi connectivity index (χ0n) is 10.2. The van der Waals surface area contributed by atoms with Gasteiger partial charge in [0.2, 0.25) is 5.91 Å². The number of rotatable bonds is 3. The van der Waals surface area contributed by atoms with Crippen molar-refractivity contribution in [3.63, 3.8) is 0 Å². The van der Waals surface area contributed by atoms with Gasteiger partial charge < -0.3 is 15.4 Å². The van der Waals surface area contributed by atoms with Crippen LogP contribution in [0.15, 0.2) is 0 Å². The minimum Gasteiger partial charge on any atom is -0.381 e. The summed E-state index contributed by atoms with van der Waals surface area (Å²) in [5.74, 6) is 1.81. The average Bonchev–Trinajstić information content (AvgIpc) is 2.65. The maximum Gasteiger partial charge on any atom is 0.220 e. The van der Waals surface area contributed by atoms with Crippen molar-refractivity contribution in [2.45, 2.75) is 26.3 Å². The highest BCUT2D eigenvalue weighted by Gasteiger charge is 2.38. The lowest BCUT2D eigenvalue weighted by molar-refractivity contribution is -0.125. The highest BCUT2D eigenvalue weighted by molar-refractivity contribution is 5.76. The molecule has 0 aliphatic carbocycles. The van der Waals surface area contributed by atoms with Gasteiger partial charge in [0.15, 0.2) is 0 Å². The summed E-state index contributed by atoms with van der Waals surface area (Å²) in [5.41, 5.74) is 0. The molecule has 1 amide bonds. The van der Waals surface area contributed by atoms with E-state index in [0.717, 1.165) is 26.3 Å². The molecule has 4 nitrogen and oxygen atoms in total. The van der Waals surface area contributed by atoms with Crippen LogP contribution in [0.5, 0.6) is 0 Å². The van der Waals surface area contributed by atoms with E-state index >= 15 is 0 Å². The molecule has 0 radical (unpaired) electrons. The largest absolute Gasteiger partial charge is 0.381 e. The molecule has 2 aliphatic rings. The maximum atomic E-state index is 11.7. The van der Waals surface area contributed by atoms with E-state index in [4.69, 9.17) is 4.74 Å². The van der Waals surface area contributed by atoms with Crippen molar-refractivity contribution in [3.8, 4) is 0 Å². The molecule has 0 aromatic carbocycles. The number of amides is 1. The maximum absolute atomic E-state index is 11.7. The van der Waals surface area contributed by atoms with Crippen LogP contribution in [0, 0.1) is 17.8 Å². The molecule has 2 fully saturated rings. The van der Waals surface area contributed by atoms with E-state index in [-0.39, 0.29) is 11.9 Å². The van der Waals surface area contributed by atoms with Crippen LogP contribution in [-0.4, -0.2) is 38.3 Å². The van der Waals surface area contributed by atoms with Gasteiger partial charge in [0.1, 0.15) is 0 Å². The molecule has 2 aliphatic heterocycles. The molecule has 92 valence electrons. The molecular weight excluding hydrogens is 204 g/mol. The van der Waals surface area contributed by atoms with Gasteiger partial charge in [0, 0.05) is 19.0 Å². The van der Waals surface area contributed by atoms with Crippen LogP contribution in [0.2, 0.25) is 0 Å². The molecule has 16 heavy (non-hydrogen) atoms. The first-order chi connectivity index (χ1) is 7.66. The molecule has 4 heteroatoms. The Bertz CT molecular complexity index is 255. The summed E-state index contributed by atoms with van der Waals surface area (Å²) in [6.45, 7) is 7.69. The molecule has 2 rings (SSSR count). The number of hydrogen-bond acceptors (Lipinski definition) is 3. The standard InChI is InChI=1S/C12H22N2O2/c1-8(2)14-12(15)3-9-6-16-7-10-4-13-5-11(9)10/h8-11,13H,3-7H2,1-2H3,(H,14,15)/t9-,10-,11+/m1/s1. The summed E-state index contributed by atoms with van der Waals surface area (Å²) in [7, 11) is 0. The Morgan fingerprint density at radius 3 is 3.00 bits per heavy atom. The summed E-state index contributed by atoms with van der Waals surface area (Å²) < 4.78 is 5.58. The third kappa shape index (κ3) is 2.74. The van der Waals surface area contributed by atoms with Crippen LogP contribution in [0.4, 0.5) is 0 Å². The van der Waals surface area contributed by atoms with Gasteiger partial charge in [0.05, 0.1) is 13.2 Å². The average molecular weight is 226 g/mol. The summed E-state index contributed by atoms with van der Waals surface area (Å²) in [6.07, 6.45) is 0.612. The SMILES string of the molecule is CC(C)NC(=O)C[C@@H]1COC[C@H]2CNC[C@H]21. The van der Waals surface area contributed by atoms with Crippen LogP contribution >= 0.6 is 0 Å². The van der Waals surface area contributed by atoms with Crippen molar-refractivity contribution < 1.29 is 9.53 Å². The monoisotopic (exact) mass is 226 g/mol. The van der Waals surface area contributed by atoms with Crippen LogP contribution in [0.1, 0.15) is 20.3 Å². The molecule has 2 heterocycles. The second-order valence-corrected chi connectivity index (χ2v) is 5.31. The van der Waals surface area contributed by atoms with E-state index in [0.29, 0.717) is 24.2 Å². The second-order valence-electron chi connectivity index (χ2n) is 5.31. The quantitative estimate of drug-likeness (QED) is 0.731. The van der Waals surface area contributed by atoms with E-state index < -0.39 is 0 Å². The van der Waals surface area contributed by atoms with E-state index in [1.165, 1.54) is 0 Å². The number of fused-ring (bicyclic) bond motifs is 1. The van der Waals surface area contributed by atoms with Gasteiger partial charge in [-0.15, -0.1) is 0 Å². The van der Waals surface area contributed by atoms with E-state index in [1.54, 1.807) is 0 Å². The van der Waals surface area contributed by atoms with Crippen LogP contribution in [0.25, 0.3) is 0 Å². The molecule has 0 bridgehead atoms. The van der Waals surface area contributed by atoms with Crippen molar-refractivity contribution in [3.05, 3.63) is 0 Å². The highest BCUT2D eigenvalue weighted by atomic mass is 16.5. The van der Waals surface area contributed by atoms with Gasteiger partial charge in [-0.05, 0) is 38.1 Å². The smallest absolute Gasteiger partial charge is 0.220 e. The van der Waals surface area contributed by atoms with Gasteiger partial charge in [-0.25, -0.2) is 0 Å². The Labute approximate surface area is 97.1 Å². The Kier molecular flexibility index (Phi) is 3.82. The number of nitrogens with one attached hydrogen (secondary N) is 2. The third-order valence-corrected chi connectivity index (χ3v) is 3.56. The lowest BCUT2D eigenvalue weighted by atomic mass is 9.81. The zero-order chi connectivity index (χ0) is 11.5. The fourth-order valence-electron chi connectivity index (χ4n) is 2.81. The number of ether oxygens (including phenoxy) is 1. The van der Waals surface area contributed by atoms with Crippen LogP contribution in [-0.2, 0) is 9.53 Å². The molecule has 0 spiro atoms. The summed E-state index contributed by atoms with van der Waals surface area (Å²) in [5, 5.41) is 6.35. The number of carbonyl (C=O) groups is 1. The first-order valence-corrected chi connectivity index (χ1v) is 6.24. The molecular formula is C12H22N2O2. The molecule has 0 aromatic rings. The Morgan fingerprint density at radius 1 is 1.44 bits per heavy atom. The van der Waals surface area contributed by atoms with E-state index in [2.05, 4.69) is 10.6 Å². The van der Waals surface area contributed by atoms with Crippen molar-refractivity contribution >= 4 is 5.91 Å². The fourth-order valence-corrected chi connectivity index (χ4v) is 2.81. The molecule has 3 atom stereocenters. The van der Waals surface area contributed by atoms with Gasteiger partial charge in [-0.1, -0.05) is 0 Å². The van der Waals surface area contributed by atoms with Gasteiger partial charge >= 0.3 is 0 Å². The summed E-state index contributed by atoms with van der Waals surface area (Å²) in [6, 6.07) is 0.231. The zero-order valence-corrected chi connectivity index (χ0v) is 10.2. The van der Waals surface area contributed by atoms with Crippen LogP contribution in [0.3, 0.4) is 0 Å². The summed E-state index contributed by atoms with van der Waals surface area (Å²) in [4.78, 5) is 11.7. The number of hydrogen-bond donors (Lipinski definition) is 2. The number of carbonyl (C=O) groups excluding carboxylic acids is 1. The lowest BCUT2D eigenvalue weighted by Gasteiger charge is -2.32. The molecule has 0 unspecified atom stereocenters. The Hall–Kier alpha value is -0.610. The van der Waals surface area contributed by atoms with Crippen molar-refractivity contribution in [2.75, 3.05) is 26.3 Å². The van der Waals surface area contributed by atoms with E-state index in [1.807, 2.05) is 13.8 Å². The predicted molar refractivity (Wildman–Crippen MR) is 62.1 cm³/mol. The van der Waals surface area contributed by atoms with Gasteiger partial charge in [-0.3, -0.25) is 4.79 Å². The topological polar surface area (TPSA) is 50.4 Å². The molecule has 0 aromatic heterocycles. The van der Waals surface area contributed by atoms with Gasteiger partial charge in [0.25, 0.3) is 0 Å². The van der Waals surface area contributed by atoms with Crippen molar-refractivity contribution in [2.24, 2.45) is 17.8 Å². The van der Waals surface area contributed by atoms with E-state index in [9.17, 15) is 4.79 Å². The van der Waals surface area contributed by atoms with Gasteiger partial charge in [-0.2, -0.15) is 0 Å². The first-order valence-electron chi connectivity index (χ1n) is 6.24. The normalized spacial score (nSPS) is 33.8. The minimum absolute atomic E-state index is 0.163. The molecule has 2 N–H and O–H groups in total. The molecule has 0 saturated carbocycles. The van der Waals surface area contributed by atoms with Crippen LogP contribution < -0.4 is 10.6 Å². The summed E-state index contributed by atoms with van der Waals surface area (Å²) >= 11 is 0. The molecule has 2 saturated heterocycles. The van der Waals surface area contributed by atoms with Crippen molar-refractivity contribution in [1.29, 1.82) is 0 Å². The minimum atomic E-state index is 0.163. The lowest BCUT2D eigenvalue weighted by Crippen LogP contribution is -2.39. The fraction of sp³-hybridized carbons (Fsp3) is 0.917. The first kappa shape index (κ1) is 11.9. The Morgan fingerprint density at radius 2 is 2.25 bits per heavy atom.